The van der Waals surface area contributed by atoms with Crippen molar-refractivity contribution in [2.24, 2.45) is 40.4 Å². The van der Waals surface area contributed by atoms with E-state index in [-0.39, 0.29) is 10.8 Å². The van der Waals surface area contributed by atoms with Crippen molar-refractivity contribution in [3.05, 3.63) is 11.6 Å². The molecule has 0 radical (unpaired) electrons. The van der Waals surface area contributed by atoms with E-state index < -0.39 is 0 Å². The normalized spacial score (nSPS) is 52.5. The van der Waals surface area contributed by atoms with Crippen molar-refractivity contribution in [2.75, 3.05) is 0 Å². The van der Waals surface area contributed by atoms with Crippen molar-refractivity contribution in [1.29, 1.82) is 0 Å². The van der Waals surface area contributed by atoms with E-state index in [1.54, 1.807) is 0 Å². The monoisotopic (exact) mass is 314 g/mol. The maximum absolute atomic E-state index is 12.5. The molecule has 3 fully saturated rings. The van der Waals surface area contributed by atoms with E-state index in [2.05, 4.69) is 27.7 Å². The lowest BCUT2D eigenvalue weighted by atomic mass is 9.43. The fraction of sp³-hybridized carbons (Fsp3) is 0.810. The van der Waals surface area contributed by atoms with Gasteiger partial charge in [-0.3, -0.25) is 9.59 Å². The summed E-state index contributed by atoms with van der Waals surface area (Å²) in [4.78, 5) is 24.6. The Morgan fingerprint density at radius 3 is 2.52 bits per heavy atom. The highest BCUT2D eigenvalue weighted by atomic mass is 16.1. The van der Waals surface area contributed by atoms with Crippen molar-refractivity contribution in [3.8, 4) is 0 Å². The number of fused-ring (bicyclic) bond motifs is 5. The molecule has 0 heterocycles. The van der Waals surface area contributed by atoms with E-state index in [1.165, 1.54) is 12.0 Å². The predicted molar refractivity (Wildman–Crippen MR) is 90.8 cm³/mol. The molecule has 7 atom stereocenters. The van der Waals surface area contributed by atoms with E-state index in [9.17, 15) is 9.59 Å². The van der Waals surface area contributed by atoms with Gasteiger partial charge in [0.05, 0.1) is 0 Å². The van der Waals surface area contributed by atoms with E-state index in [4.69, 9.17) is 0 Å². The lowest BCUT2D eigenvalue weighted by Crippen LogP contribution is -2.55. The number of Topliss-reactive ketones (excluding diaryl/α,β-unsaturated/α-hetero) is 1. The Morgan fingerprint density at radius 2 is 1.78 bits per heavy atom. The smallest absolute Gasteiger partial charge is 0.155 e. The molecule has 0 bridgehead atoms. The summed E-state index contributed by atoms with van der Waals surface area (Å²) in [5.74, 6) is 3.79. The molecule has 4 aliphatic rings. The number of ketones is 2. The SMILES string of the molecule is C[C@@H]1CC2=CC(=O)C[C@H](C)[C@]2(C)[C@H]2CC[C@]3(C)C(=O)CC[C@H]3[C@H]12. The summed E-state index contributed by atoms with van der Waals surface area (Å²) < 4.78 is 0. The average Bonchev–Trinajstić information content (AvgIpc) is 2.78. The van der Waals surface area contributed by atoms with E-state index in [1.807, 2.05) is 6.08 Å². The summed E-state index contributed by atoms with van der Waals surface area (Å²) in [7, 11) is 0. The second-order valence-electron chi connectivity index (χ2n) is 9.41. The fourth-order valence-electron chi connectivity index (χ4n) is 7.06. The number of carbonyl (C=O) groups excluding carboxylic acids is 2. The van der Waals surface area contributed by atoms with Crippen LogP contribution in [0.1, 0.15) is 66.2 Å². The van der Waals surface area contributed by atoms with Gasteiger partial charge in [0, 0.05) is 18.3 Å². The highest BCUT2D eigenvalue weighted by molar-refractivity contribution is 5.92. The molecule has 2 heteroatoms. The summed E-state index contributed by atoms with van der Waals surface area (Å²) in [5.41, 5.74) is 1.54. The second-order valence-corrected chi connectivity index (χ2v) is 9.41. The van der Waals surface area contributed by atoms with Crippen LogP contribution in [0, 0.1) is 40.4 Å². The number of rotatable bonds is 0. The van der Waals surface area contributed by atoms with Crippen LogP contribution in [0.15, 0.2) is 11.6 Å². The molecule has 0 aliphatic heterocycles. The molecule has 0 amide bonds. The van der Waals surface area contributed by atoms with Crippen LogP contribution in [0.5, 0.6) is 0 Å². The maximum atomic E-state index is 12.5. The highest BCUT2D eigenvalue weighted by Gasteiger charge is 2.61. The third-order valence-corrected chi connectivity index (χ3v) is 8.57. The first-order chi connectivity index (χ1) is 10.8. The molecule has 0 saturated heterocycles. The van der Waals surface area contributed by atoms with Crippen LogP contribution >= 0.6 is 0 Å². The highest BCUT2D eigenvalue weighted by Crippen LogP contribution is 2.66. The van der Waals surface area contributed by atoms with Gasteiger partial charge in [-0.25, -0.2) is 0 Å². The second kappa shape index (κ2) is 4.80. The first kappa shape index (κ1) is 15.6. The summed E-state index contributed by atoms with van der Waals surface area (Å²) in [6.45, 7) is 9.33. The number of allylic oxidation sites excluding steroid dienone is 1. The fourth-order valence-corrected chi connectivity index (χ4v) is 7.06. The molecule has 0 N–H and O–H groups in total. The molecule has 3 saturated carbocycles. The summed E-state index contributed by atoms with van der Waals surface area (Å²) in [5, 5.41) is 0. The van der Waals surface area contributed by atoms with Gasteiger partial charge in [0.1, 0.15) is 5.78 Å². The molecule has 0 aromatic rings. The van der Waals surface area contributed by atoms with Crippen LogP contribution < -0.4 is 0 Å². The first-order valence-corrected chi connectivity index (χ1v) is 9.55. The standard InChI is InChI=1S/C21H30O2/c1-12-9-14-11-15(22)10-13(2)21(14,4)17-7-8-20(3)16(19(12)17)5-6-18(20)23/h11-13,16-17,19H,5-10H2,1-4H3/t12-,13+,16+,17+,19+,20+,21+/m1/s1. The number of hydrogen-bond acceptors (Lipinski definition) is 2. The summed E-state index contributed by atoms with van der Waals surface area (Å²) in [6.07, 6.45) is 7.88. The van der Waals surface area contributed by atoms with Gasteiger partial charge in [0.2, 0.25) is 0 Å². The molecule has 0 aromatic heterocycles. The molecule has 0 spiro atoms. The Bertz CT molecular complexity index is 603. The quantitative estimate of drug-likeness (QED) is 0.656. The lowest BCUT2D eigenvalue weighted by Gasteiger charge is -2.60. The van der Waals surface area contributed by atoms with E-state index >= 15 is 0 Å². The summed E-state index contributed by atoms with van der Waals surface area (Å²) in [6, 6.07) is 0. The van der Waals surface area contributed by atoms with Gasteiger partial charge in [-0.2, -0.15) is 0 Å². The molecule has 2 nitrogen and oxygen atoms in total. The Morgan fingerprint density at radius 1 is 1.04 bits per heavy atom. The molecule has 4 aliphatic carbocycles. The van der Waals surface area contributed by atoms with E-state index in [0.717, 1.165) is 25.7 Å². The van der Waals surface area contributed by atoms with Gasteiger partial charge in [-0.15, -0.1) is 0 Å². The van der Waals surface area contributed by atoms with Crippen LogP contribution in [0.3, 0.4) is 0 Å². The predicted octanol–water partition coefficient (Wildman–Crippen LogP) is 4.58. The third kappa shape index (κ3) is 1.87. The van der Waals surface area contributed by atoms with E-state index in [0.29, 0.717) is 47.6 Å². The van der Waals surface area contributed by atoms with Gasteiger partial charge in [-0.05, 0) is 66.8 Å². The Kier molecular flexibility index (Phi) is 3.26. The Labute approximate surface area is 140 Å². The maximum Gasteiger partial charge on any atom is 0.155 e. The zero-order chi connectivity index (χ0) is 16.6. The topological polar surface area (TPSA) is 34.1 Å². The first-order valence-electron chi connectivity index (χ1n) is 9.55. The molecule has 4 rings (SSSR count). The third-order valence-electron chi connectivity index (χ3n) is 8.57. The Balaban J connectivity index is 1.78. The van der Waals surface area contributed by atoms with Gasteiger partial charge < -0.3 is 0 Å². The molecule has 0 unspecified atom stereocenters. The van der Waals surface area contributed by atoms with Gasteiger partial charge in [0.15, 0.2) is 5.78 Å². The van der Waals surface area contributed by atoms with Crippen molar-refractivity contribution in [3.63, 3.8) is 0 Å². The average molecular weight is 314 g/mol. The van der Waals surface area contributed by atoms with Crippen molar-refractivity contribution in [2.45, 2.75) is 66.2 Å². The number of hydrogen-bond donors (Lipinski definition) is 0. The number of carbonyl (C=O) groups is 2. The van der Waals surface area contributed by atoms with Crippen LogP contribution in [0.4, 0.5) is 0 Å². The summed E-state index contributed by atoms with van der Waals surface area (Å²) >= 11 is 0. The Hall–Kier alpha value is -0.920. The molecule has 23 heavy (non-hydrogen) atoms. The van der Waals surface area contributed by atoms with Crippen molar-refractivity contribution < 1.29 is 9.59 Å². The van der Waals surface area contributed by atoms with Crippen LogP contribution in [0.25, 0.3) is 0 Å². The van der Waals surface area contributed by atoms with Gasteiger partial charge >= 0.3 is 0 Å². The molecular weight excluding hydrogens is 284 g/mol. The minimum Gasteiger partial charge on any atom is -0.299 e. The minimum atomic E-state index is -0.0548. The minimum absolute atomic E-state index is 0.0548. The molecule has 0 aromatic carbocycles. The van der Waals surface area contributed by atoms with Crippen LogP contribution in [-0.2, 0) is 9.59 Å². The van der Waals surface area contributed by atoms with Crippen molar-refractivity contribution in [1.82, 2.24) is 0 Å². The van der Waals surface area contributed by atoms with Crippen LogP contribution in [0.2, 0.25) is 0 Å². The zero-order valence-electron chi connectivity index (χ0n) is 15.0. The zero-order valence-corrected chi connectivity index (χ0v) is 15.0. The molecule has 126 valence electrons. The lowest BCUT2D eigenvalue weighted by molar-refractivity contribution is -0.136. The largest absolute Gasteiger partial charge is 0.299 e. The van der Waals surface area contributed by atoms with Gasteiger partial charge in [0.25, 0.3) is 0 Å². The molecular formula is C21H30O2. The van der Waals surface area contributed by atoms with Crippen molar-refractivity contribution >= 4 is 11.6 Å². The van der Waals surface area contributed by atoms with Gasteiger partial charge in [-0.1, -0.05) is 33.3 Å². The van der Waals surface area contributed by atoms with Crippen LogP contribution in [-0.4, -0.2) is 11.6 Å².